The maximum absolute atomic E-state index is 13.5. The van der Waals surface area contributed by atoms with Gasteiger partial charge in [-0.3, -0.25) is 9.10 Å². The summed E-state index contributed by atoms with van der Waals surface area (Å²) in [6, 6.07) is 8.71. The Labute approximate surface area is 148 Å². The predicted molar refractivity (Wildman–Crippen MR) is 89.4 cm³/mol. The minimum Gasteiger partial charge on any atom is -0.468 e. The zero-order valence-corrected chi connectivity index (χ0v) is 14.7. The standard InChI is InChI=1S/C15H12Cl2FNO4S/c1-23-15(20)9-19(12-4-2-3-11(18)8-12)24(21,22)14-7-10(16)5-6-13(14)17/h2-8H,9H2,1H3. The number of ether oxygens (including phenoxy) is 1. The van der Waals surface area contributed by atoms with Gasteiger partial charge in [0.25, 0.3) is 10.0 Å². The van der Waals surface area contributed by atoms with Crippen molar-refractivity contribution < 1.29 is 22.3 Å². The average molecular weight is 392 g/mol. The van der Waals surface area contributed by atoms with Gasteiger partial charge in [0.05, 0.1) is 17.8 Å². The van der Waals surface area contributed by atoms with E-state index in [0.29, 0.717) is 4.31 Å². The van der Waals surface area contributed by atoms with Gasteiger partial charge in [-0.1, -0.05) is 29.3 Å². The Bertz CT molecular complexity index is 874. The predicted octanol–water partition coefficient (Wildman–Crippen LogP) is 3.50. The Kier molecular flexibility index (Phi) is 5.69. The molecule has 2 aromatic carbocycles. The highest BCUT2D eigenvalue weighted by Crippen LogP contribution is 2.30. The largest absolute Gasteiger partial charge is 0.468 e. The first-order chi connectivity index (χ1) is 11.3. The molecule has 0 N–H and O–H groups in total. The second kappa shape index (κ2) is 7.38. The van der Waals surface area contributed by atoms with Crippen molar-refractivity contribution in [1.82, 2.24) is 0 Å². The zero-order chi connectivity index (χ0) is 17.9. The highest BCUT2D eigenvalue weighted by molar-refractivity contribution is 7.93. The van der Waals surface area contributed by atoms with Gasteiger partial charge < -0.3 is 4.74 Å². The van der Waals surface area contributed by atoms with Crippen LogP contribution in [0.1, 0.15) is 0 Å². The molecule has 0 saturated carbocycles. The Balaban J connectivity index is 2.61. The number of anilines is 1. The molecular weight excluding hydrogens is 380 g/mol. The average Bonchev–Trinajstić information content (AvgIpc) is 2.54. The molecule has 2 aromatic rings. The SMILES string of the molecule is COC(=O)CN(c1cccc(F)c1)S(=O)(=O)c1cc(Cl)ccc1Cl. The third-order valence-corrected chi connectivity index (χ3v) is 5.55. The lowest BCUT2D eigenvalue weighted by Gasteiger charge is -2.24. The Hall–Kier alpha value is -1.83. The number of sulfonamides is 1. The van der Waals surface area contributed by atoms with Crippen LogP contribution in [0, 0.1) is 5.82 Å². The molecule has 0 bridgehead atoms. The second-order valence-electron chi connectivity index (χ2n) is 4.64. The number of carbonyl (C=O) groups is 1. The van der Waals surface area contributed by atoms with Crippen LogP contribution in [0.4, 0.5) is 10.1 Å². The fourth-order valence-corrected chi connectivity index (χ4v) is 4.06. The van der Waals surface area contributed by atoms with Gasteiger partial charge in [-0.25, -0.2) is 12.8 Å². The summed E-state index contributed by atoms with van der Waals surface area (Å²) in [7, 11) is -3.16. The van der Waals surface area contributed by atoms with Crippen LogP contribution in [0.25, 0.3) is 0 Å². The number of hydrogen-bond donors (Lipinski definition) is 0. The highest BCUT2D eigenvalue weighted by atomic mass is 35.5. The Morgan fingerprint density at radius 2 is 1.92 bits per heavy atom. The van der Waals surface area contributed by atoms with Gasteiger partial charge >= 0.3 is 5.97 Å². The Morgan fingerprint density at radius 3 is 2.54 bits per heavy atom. The van der Waals surface area contributed by atoms with Crippen molar-refractivity contribution in [2.24, 2.45) is 0 Å². The van der Waals surface area contributed by atoms with E-state index in [-0.39, 0.29) is 20.6 Å². The van der Waals surface area contributed by atoms with Crippen molar-refractivity contribution in [2.75, 3.05) is 18.0 Å². The first kappa shape index (κ1) is 18.5. The van der Waals surface area contributed by atoms with Crippen LogP contribution in [0.2, 0.25) is 10.0 Å². The minimum absolute atomic E-state index is 0.0450. The molecule has 128 valence electrons. The van der Waals surface area contributed by atoms with Crippen molar-refractivity contribution in [3.05, 3.63) is 58.3 Å². The molecule has 0 spiro atoms. The molecule has 24 heavy (non-hydrogen) atoms. The van der Waals surface area contributed by atoms with Crippen LogP contribution in [-0.2, 0) is 19.6 Å². The number of carbonyl (C=O) groups excluding carboxylic acids is 1. The monoisotopic (exact) mass is 391 g/mol. The second-order valence-corrected chi connectivity index (χ2v) is 7.32. The third kappa shape index (κ3) is 3.98. The molecule has 0 aromatic heterocycles. The molecule has 2 rings (SSSR count). The fourth-order valence-electron chi connectivity index (χ4n) is 1.92. The zero-order valence-electron chi connectivity index (χ0n) is 12.4. The molecule has 0 aliphatic heterocycles. The van der Waals surface area contributed by atoms with E-state index in [9.17, 15) is 17.6 Å². The molecular formula is C15H12Cl2FNO4S. The quantitative estimate of drug-likeness (QED) is 0.731. The first-order valence-corrected chi connectivity index (χ1v) is 8.75. The lowest BCUT2D eigenvalue weighted by Crippen LogP contribution is -2.36. The molecule has 0 fully saturated rings. The molecule has 0 aliphatic carbocycles. The fraction of sp³-hybridized carbons (Fsp3) is 0.133. The third-order valence-electron chi connectivity index (χ3n) is 3.06. The molecule has 0 radical (unpaired) electrons. The summed E-state index contributed by atoms with van der Waals surface area (Å²) in [4.78, 5) is 11.3. The van der Waals surface area contributed by atoms with Crippen molar-refractivity contribution in [1.29, 1.82) is 0 Å². The molecule has 9 heteroatoms. The highest BCUT2D eigenvalue weighted by Gasteiger charge is 2.30. The van der Waals surface area contributed by atoms with E-state index in [1.807, 2.05) is 0 Å². The van der Waals surface area contributed by atoms with Crippen molar-refractivity contribution in [2.45, 2.75) is 4.90 Å². The number of rotatable bonds is 5. The number of nitrogens with zero attached hydrogens (tertiary/aromatic N) is 1. The van der Waals surface area contributed by atoms with E-state index in [0.717, 1.165) is 25.3 Å². The number of benzene rings is 2. The van der Waals surface area contributed by atoms with Gasteiger partial charge in [-0.05, 0) is 36.4 Å². The van der Waals surface area contributed by atoms with Gasteiger partial charge in [-0.2, -0.15) is 0 Å². The van der Waals surface area contributed by atoms with Gasteiger partial charge in [-0.15, -0.1) is 0 Å². The number of halogens is 3. The summed E-state index contributed by atoms with van der Waals surface area (Å²) in [6.07, 6.45) is 0. The van der Waals surface area contributed by atoms with Crippen molar-refractivity contribution in [3.63, 3.8) is 0 Å². The Morgan fingerprint density at radius 1 is 1.21 bits per heavy atom. The minimum atomic E-state index is -4.28. The lowest BCUT2D eigenvalue weighted by atomic mass is 10.3. The van der Waals surface area contributed by atoms with Crippen LogP contribution in [0.5, 0.6) is 0 Å². The van der Waals surface area contributed by atoms with Crippen LogP contribution in [0.3, 0.4) is 0 Å². The van der Waals surface area contributed by atoms with Gasteiger partial charge in [0.1, 0.15) is 17.3 Å². The molecule has 0 unspecified atom stereocenters. The number of methoxy groups -OCH3 is 1. The number of esters is 1. The molecule has 0 aliphatic rings. The van der Waals surface area contributed by atoms with Crippen LogP contribution >= 0.6 is 23.2 Å². The summed E-state index contributed by atoms with van der Waals surface area (Å²) >= 11 is 11.8. The van der Waals surface area contributed by atoms with E-state index in [4.69, 9.17) is 23.2 Å². The van der Waals surface area contributed by atoms with Crippen LogP contribution in [-0.4, -0.2) is 28.0 Å². The summed E-state index contributed by atoms with van der Waals surface area (Å²) in [5, 5.41) is 0.0703. The topological polar surface area (TPSA) is 63.7 Å². The molecule has 0 heterocycles. The van der Waals surface area contributed by atoms with E-state index in [2.05, 4.69) is 4.74 Å². The molecule has 0 saturated heterocycles. The van der Waals surface area contributed by atoms with Gasteiger partial charge in [0, 0.05) is 5.02 Å². The lowest BCUT2D eigenvalue weighted by molar-refractivity contribution is -0.138. The normalized spacial score (nSPS) is 11.2. The van der Waals surface area contributed by atoms with Crippen LogP contribution < -0.4 is 4.31 Å². The van der Waals surface area contributed by atoms with E-state index in [1.165, 1.54) is 24.3 Å². The maximum atomic E-state index is 13.5. The maximum Gasteiger partial charge on any atom is 0.326 e. The van der Waals surface area contributed by atoms with E-state index in [1.54, 1.807) is 0 Å². The smallest absolute Gasteiger partial charge is 0.326 e. The van der Waals surface area contributed by atoms with Crippen molar-refractivity contribution in [3.8, 4) is 0 Å². The molecule has 0 atom stereocenters. The van der Waals surface area contributed by atoms with Crippen molar-refractivity contribution >= 4 is 44.9 Å². The molecule has 0 amide bonds. The van der Waals surface area contributed by atoms with E-state index < -0.39 is 28.4 Å². The summed E-state index contributed by atoms with van der Waals surface area (Å²) < 4.78 is 44.6. The summed E-state index contributed by atoms with van der Waals surface area (Å²) in [5.41, 5.74) is -0.0450. The van der Waals surface area contributed by atoms with E-state index >= 15 is 0 Å². The number of hydrogen-bond acceptors (Lipinski definition) is 4. The summed E-state index contributed by atoms with van der Waals surface area (Å²) in [6.45, 7) is -0.648. The molecule has 5 nitrogen and oxygen atoms in total. The van der Waals surface area contributed by atoms with Crippen LogP contribution in [0.15, 0.2) is 47.4 Å². The van der Waals surface area contributed by atoms with Gasteiger partial charge in [0.2, 0.25) is 0 Å². The van der Waals surface area contributed by atoms with Gasteiger partial charge in [0.15, 0.2) is 0 Å². The first-order valence-electron chi connectivity index (χ1n) is 6.56. The summed E-state index contributed by atoms with van der Waals surface area (Å²) in [5.74, 6) is -1.48.